The van der Waals surface area contributed by atoms with E-state index in [-0.39, 0.29) is 24.1 Å². The molecule has 1 aromatic carbocycles. The molecule has 0 radical (unpaired) electrons. The van der Waals surface area contributed by atoms with Crippen LogP contribution in [0.1, 0.15) is 28.4 Å². The summed E-state index contributed by atoms with van der Waals surface area (Å²) >= 11 is 0. The van der Waals surface area contributed by atoms with Gasteiger partial charge >= 0.3 is 6.18 Å². The van der Waals surface area contributed by atoms with Gasteiger partial charge in [-0.05, 0) is 37.3 Å². The molecule has 0 saturated carbocycles. The number of halogens is 3. The van der Waals surface area contributed by atoms with Gasteiger partial charge in [0.05, 0.1) is 6.26 Å². The third-order valence-corrected chi connectivity index (χ3v) is 5.92. The summed E-state index contributed by atoms with van der Waals surface area (Å²) in [6, 6.07) is 9.37. The summed E-state index contributed by atoms with van der Waals surface area (Å²) in [5.41, 5.74) is 0.205. The molecule has 2 aromatic heterocycles. The Labute approximate surface area is 194 Å². The van der Waals surface area contributed by atoms with Crippen molar-refractivity contribution in [1.29, 1.82) is 0 Å². The van der Waals surface area contributed by atoms with E-state index in [0.717, 1.165) is 10.6 Å². The van der Waals surface area contributed by atoms with Crippen LogP contribution in [-0.4, -0.2) is 42.5 Å². The highest BCUT2D eigenvalue weighted by Gasteiger charge is 2.35. The van der Waals surface area contributed by atoms with Crippen molar-refractivity contribution in [3.8, 4) is 0 Å². The Morgan fingerprint density at radius 3 is 2.38 bits per heavy atom. The maximum Gasteiger partial charge on any atom is 0.421 e. The predicted molar refractivity (Wildman–Crippen MR) is 122 cm³/mol. The van der Waals surface area contributed by atoms with E-state index in [1.54, 1.807) is 36.4 Å². The number of benzene rings is 1. The molecule has 0 unspecified atom stereocenters. The summed E-state index contributed by atoms with van der Waals surface area (Å²) in [4.78, 5) is 23.1. The number of ketones is 1. The van der Waals surface area contributed by atoms with E-state index in [1.807, 2.05) is 0 Å². The van der Waals surface area contributed by atoms with Crippen molar-refractivity contribution < 1.29 is 26.4 Å². The molecule has 0 aliphatic carbocycles. The highest BCUT2D eigenvalue weighted by Crippen LogP contribution is 2.34. The molecule has 0 spiro atoms. The normalized spacial score (nSPS) is 11.7. The summed E-state index contributed by atoms with van der Waals surface area (Å²) in [6.07, 6.45) is -1.71. The number of nitrogens with zero attached hydrogens (tertiary/aromatic N) is 4. The van der Waals surface area contributed by atoms with Crippen LogP contribution in [0.2, 0.25) is 0 Å². The number of anilines is 4. The van der Waals surface area contributed by atoms with Crippen LogP contribution >= 0.6 is 0 Å². The van der Waals surface area contributed by atoms with Gasteiger partial charge in [0.1, 0.15) is 17.2 Å². The number of carbonyl (C=O) groups is 1. The minimum absolute atomic E-state index is 0.0732. The van der Waals surface area contributed by atoms with E-state index in [1.165, 1.54) is 20.2 Å². The predicted octanol–water partition coefficient (Wildman–Crippen LogP) is 3.84. The van der Waals surface area contributed by atoms with Gasteiger partial charge in [0, 0.05) is 42.8 Å². The van der Waals surface area contributed by atoms with Crippen molar-refractivity contribution >= 4 is 39.1 Å². The van der Waals surface area contributed by atoms with Gasteiger partial charge in [0.25, 0.3) is 0 Å². The smallest absolute Gasteiger partial charge is 0.365 e. The summed E-state index contributed by atoms with van der Waals surface area (Å²) in [6.45, 7) is 1.23. The molecule has 13 heteroatoms. The fraction of sp³-hybridized carbons (Fsp3) is 0.238. The highest BCUT2D eigenvalue weighted by molar-refractivity contribution is 7.92. The summed E-state index contributed by atoms with van der Waals surface area (Å²) in [5.74, 6) is -0.656. The summed E-state index contributed by atoms with van der Waals surface area (Å²) < 4.78 is 65.3. The fourth-order valence-electron chi connectivity index (χ4n) is 2.89. The molecule has 3 aromatic rings. The molecule has 0 saturated heterocycles. The highest BCUT2D eigenvalue weighted by atomic mass is 32.2. The number of hydrogen-bond donors (Lipinski definition) is 2. The zero-order chi connectivity index (χ0) is 25.1. The Morgan fingerprint density at radius 2 is 1.79 bits per heavy atom. The summed E-state index contributed by atoms with van der Waals surface area (Å²) in [7, 11) is -2.34. The van der Waals surface area contributed by atoms with Crippen LogP contribution in [0.3, 0.4) is 0 Å². The third kappa shape index (κ3) is 5.98. The molecule has 0 atom stereocenters. The lowest BCUT2D eigenvalue weighted by molar-refractivity contribution is -0.137. The lowest BCUT2D eigenvalue weighted by Gasteiger charge is -2.20. The zero-order valence-electron chi connectivity index (χ0n) is 18.4. The second-order valence-corrected chi connectivity index (χ2v) is 9.30. The van der Waals surface area contributed by atoms with Crippen molar-refractivity contribution in [3.63, 3.8) is 0 Å². The average molecular weight is 494 g/mol. The quantitative estimate of drug-likeness (QED) is 0.454. The molecule has 0 aliphatic heterocycles. The van der Waals surface area contributed by atoms with Crippen molar-refractivity contribution in [1.82, 2.24) is 15.0 Å². The van der Waals surface area contributed by atoms with Crippen LogP contribution in [-0.2, 0) is 22.7 Å². The van der Waals surface area contributed by atoms with Crippen LogP contribution in [0.4, 0.5) is 36.4 Å². The van der Waals surface area contributed by atoms with E-state index in [9.17, 15) is 26.4 Å². The number of rotatable bonds is 8. The Hall–Kier alpha value is -3.74. The molecule has 9 nitrogen and oxygen atoms in total. The van der Waals surface area contributed by atoms with Crippen molar-refractivity contribution in [3.05, 3.63) is 65.5 Å². The van der Waals surface area contributed by atoms with Gasteiger partial charge in [-0.15, -0.1) is 0 Å². The molecule has 3 rings (SSSR count). The maximum atomic E-state index is 13.5. The van der Waals surface area contributed by atoms with Gasteiger partial charge < -0.3 is 10.6 Å². The van der Waals surface area contributed by atoms with Gasteiger partial charge in [-0.2, -0.15) is 18.2 Å². The summed E-state index contributed by atoms with van der Waals surface area (Å²) in [5, 5.41) is 5.41. The topological polar surface area (TPSA) is 117 Å². The number of nitrogens with one attached hydrogen (secondary N) is 2. The molecule has 0 fully saturated rings. The van der Waals surface area contributed by atoms with Crippen LogP contribution in [0.5, 0.6) is 0 Å². The van der Waals surface area contributed by atoms with Crippen LogP contribution < -0.4 is 14.9 Å². The first-order chi connectivity index (χ1) is 15.9. The molecule has 0 bridgehead atoms. The standard InChI is InChI=1S/C21H21F3N6O3S/c1-13(31)14-6-8-16(9-7-14)28-20-27-12-17(21(22,23)24)18(29-20)26-11-15-5-4-10-25-19(15)30(2)34(3,32)33/h4-10,12H,11H2,1-3H3,(H2,26,27,28,29). The van der Waals surface area contributed by atoms with Crippen LogP contribution in [0.15, 0.2) is 48.8 Å². The average Bonchev–Trinajstić information content (AvgIpc) is 2.76. The van der Waals surface area contributed by atoms with Gasteiger partial charge in [0.15, 0.2) is 5.78 Å². The Kier molecular flexibility index (Phi) is 7.05. The largest absolute Gasteiger partial charge is 0.421 e. The SMILES string of the molecule is CC(=O)c1ccc(Nc2ncc(C(F)(F)F)c(NCc3cccnc3N(C)S(C)(=O)=O)n2)cc1. The minimum Gasteiger partial charge on any atom is -0.365 e. The third-order valence-electron chi connectivity index (χ3n) is 4.75. The van der Waals surface area contributed by atoms with E-state index in [2.05, 4.69) is 25.6 Å². The Bertz CT molecular complexity index is 1300. The van der Waals surface area contributed by atoms with E-state index < -0.39 is 27.6 Å². The molecule has 2 heterocycles. The van der Waals surface area contributed by atoms with Crippen molar-refractivity contribution in [2.75, 3.05) is 28.2 Å². The lowest BCUT2D eigenvalue weighted by Crippen LogP contribution is -2.27. The van der Waals surface area contributed by atoms with Crippen molar-refractivity contribution in [2.45, 2.75) is 19.6 Å². The van der Waals surface area contributed by atoms with Gasteiger partial charge in [-0.25, -0.2) is 18.4 Å². The number of sulfonamides is 1. The van der Waals surface area contributed by atoms with Gasteiger partial charge in [0.2, 0.25) is 16.0 Å². The van der Waals surface area contributed by atoms with Crippen molar-refractivity contribution in [2.24, 2.45) is 0 Å². The number of pyridine rings is 1. The molecule has 0 amide bonds. The lowest BCUT2D eigenvalue weighted by atomic mass is 10.1. The van der Waals surface area contributed by atoms with E-state index in [0.29, 0.717) is 23.0 Å². The molecule has 0 aliphatic rings. The first kappa shape index (κ1) is 24.9. The Morgan fingerprint density at radius 1 is 1.12 bits per heavy atom. The van der Waals surface area contributed by atoms with E-state index in [4.69, 9.17) is 0 Å². The fourth-order valence-corrected chi connectivity index (χ4v) is 3.37. The second kappa shape index (κ2) is 9.63. The monoisotopic (exact) mass is 494 g/mol. The van der Waals surface area contributed by atoms with Crippen LogP contribution in [0.25, 0.3) is 0 Å². The first-order valence-electron chi connectivity index (χ1n) is 9.80. The molecule has 34 heavy (non-hydrogen) atoms. The second-order valence-electron chi connectivity index (χ2n) is 7.28. The number of alkyl halides is 3. The maximum absolute atomic E-state index is 13.5. The van der Waals surface area contributed by atoms with Gasteiger partial charge in [-0.1, -0.05) is 6.07 Å². The number of hydrogen-bond acceptors (Lipinski definition) is 8. The first-order valence-corrected chi connectivity index (χ1v) is 11.6. The zero-order valence-corrected chi connectivity index (χ0v) is 19.2. The van der Waals surface area contributed by atoms with E-state index >= 15 is 0 Å². The number of carbonyl (C=O) groups excluding carboxylic acids is 1. The Balaban J connectivity index is 1.89. The molecule has 180 valence electrons. The van der Waals surface area contributed by atoms with Gasteiger partial charge in [-0.3, -0.25) is 9.10 Å². The minimum atomic E-state index is -4.73. The number of Topliss-reactive ketones (excluding diaryl/α,β-unsaturated/α-hetero) is 1. The van der Waals surface area contributed by atoms with Crippen LogP contribution in [0, 0.1) is 0 Å². The molecular formula is C21H21F3N6O3S. The number of aromatic nitrogens is 3. The molecule has 2 N–H and O–H groups in total. The molecular weight excluding hydrogens is 473 g/mol.